The minimum atomic E-state index is -0.186. The van der Waals surface area contributed by atoms with Crippen LogP contribution in [0.2, 0.25) is 5.02 Å². The van der Waals surface area contributed by atoms with Gasteiger partial charge in [-0.15, -0.1) is 0 Å². The zero-order valence-corrected chi connectivity index (χ0v) is 12.4. The lowest BCUT2D eigenvalue weighted by Crippen LogP contribution is -2.14. The molecule has 0 amide bonds. The number of carbonyl (C=O) groups is 1. The molecule has 0 unspecified atom stereocenters. The van der Waals surface area contributed by atoms with Gasteiger partial charge < -0.3 is 0 Å². The number of halogens is 1. The molecule has 0 aliphatic rings. The molecule has 0 aliphatic carbocycles. The van der Waals surface area contributed by atoms with Gasteiger partial charge in [0.1, 0.15) is 0 Å². The van der Waals surface area contributed by atoms with Crippen molar-refractivity contribution in [3.8, 4) is 0 Å². The minimum absolute atomic E-state index is 0.186. The van der Waals surface area contributed by atoms with Crippen LogP contribution < -0.4 is 0 Å². The average Bonchev–Trinajstić information content (AvgIpc) is 3.02. The maximum atomic E-state index is 12.5. The summed E-state index contributed by atoms with van der Waals surface area (Å²) in [6.07, 6.45) is 5.43. The molecular formula is C18H13ClN2O. The summed E-state index contributed by atoms with van der Waals surface area (Å²) in [6, 6.07) is 18.5. The van der Waals surface area contributed by atoms with Crippen LogP contribution in [0.4, 0.5) is 0 Å². The first-order chi connectivity index (χ1) is 10.7. The average molecular weight is 309 g/mol. The Labute approximate surface area is 133 Å². The van der Waals surface area contributed by atoms with Crippen LogP contribution in [0.5, 0.6) is 0 Å². The molecule has 3 nitrogen and oxygen atoms in total. The van der Waals surface area contributed by atoms with Gasteiger partial charge in [0.2, 0.25) is 0 Å². The fourth-order valence-corrected chi connectivity index (χ4v) is 2.20. The maximum Gasteiger partial charge on any atom is 0.278 e. The number of carbonyl (C=O) groups excluding carboxylic acids is 1. The molecule has 0 saturated carbocycles. The van der Waals surface area contributed by atoms with E-state index in [1.165, 1.54) is 4.68 Å². The van der Waals surface area contributed by atoms with Crippen LogP contribution in [0.3, 0.4) is 0 Å². The van der Waals surface area contributed by atoms with Crippen molar-refractivity contribution >= 4 is 29.7 Å². The highest BCUT2D eigenvalue weighted by molar-refractivity contribution is 6.30. The van der Waals surface area contributed by atoms with Crippen molar-refractivity contribution in [3.63, 3.8) is 0 Å². The fourth-order valence-electron chi connectivity index (χ4n) is 2.07. The highest BCUT2D eigenvalue weighted by Crippen LogP contribution is 2.13. The number of rotatable bonds is 3. The zero-order valence-electron chi connectivity index (χ0n) is 11.7. The smallest absolute Gasteiger partial charge is 0.267 e. The molecule has 1 heterocycles. The van der Waals surface area contributed by atoms with E-state index in [0.717, 1.165) is 11.3 Å². The molecule has 0 fully saturated rings. The summed E-state index contributed by atoms with van der Waals surface area (Å²) in [4.78, 5) is 12.5. The summed E-state index contributed by atoms with van der Waals surface area (Å²) < 4.78 is 1.38. The van der Waals surface area contributed by atoms with Gasteiger partial charge in [0.15, 0.2) is 0 Å². The highest BCUT2D eigenvalue weighted by atomic mass is 35.5. The van der Waals surface area contributed by atoms with Gasteiger partial charge in [0, 0.05) is 10.6 Å². The Bertz CT molecular complexity index is 805. The second-order valence-electron chi connectivity index (χ2n) is 4.72. The Morgan fingerprint density at radius 3 is 2.41 bits per heavy atom. The largest absolute Gasteiger partial charge is 0.278 e. The molecule has 22 heavy (non-hydrogen) atoms. The lowest BCUT2D eigenvalue weighted by molar-refractivity contribution is 0.0944. The quantitative estimate of drug-likeness (QED) is 0.719. The number of aromatic nitrogens is 2. The van der Waals surface area contributed by atoms with E-state index < -0.39 is 0 Å². The Kier molecular flexibility index (Phi) is 4.17. The number of hydrogen-bond acceptors (Lipinski definition) is 2. The topological polar surface area (TPSA) is 34.9 Å². The minimum Gasteiger partial charge on any atom is -0.267 e. The van der Waals surface area contributed by atoms with E-state index in [-0.39, 0.29) is 5.91 Å². The molecule has 108 valence electrons. The first kappa shape index (κ1) is 14.3. The Hall–Kier alpha value is -2.65. The molecule has 0 aliphatic heterocycles. The summed E-state index contributed by atoms with van der Waals surface area (Å²) in [5.74, 6) is -0.186. The van der Waals surface area contributed by atoms with Crippen LogP contribution in [-0.2, 0) is 0 Å². The Morgan fingerprint density at radius 2 is 1.68 bits per heavy atom. The molecule has 3 rings (SSSR count). The van der Waals surface area contributed by atoms with Crippen molar-refractivity contribution in [2.45, 2.75) is 0 Å². The molecule has 3 aromatic rings. The predicted molar refractivity (Wildman–Crippen MR) is 88.8 cm³/mol. The van der Waals surface area contributed by atoms with E-state index >= 15 is 0 Å². The summed E-state index contributed by atoms with van der Waals surface area (Å²) in [6.45, 7) is 0. The monoisotopic (exact) mass is 308 g/mol. The summed E-state index contributed by atoms with van der Waals surface area (Å²) in [7, 11) is 0. The number of nitrogens with zero attached hydrogens (tertiary/aromatic N) is 2. The van der Waals surface area contributed by atoms with Gasteiger partial charge in [-0.25, -0.2) is 0 Å². The Morgan fingerprint density at radius 1 is 0.955 bits per heavy atom. The highest BCUT2D eigenvalue weighted by Gasteiger charge is 2.11. The van der Waals surface area contributed by atoms with Crippen LogP contribution in [0.25, 0.3) is 12.2 Å². The summed E-state index contributed by atoms with van der Waals surface area (Å²) in [5.41, 5.74) is 2.33. The standard InChI is InChI=1S/C18H13ClN2O/c19-16-9-7-15(8-10-16)18(22)21-17(12-13-20-21)11-6-14-4-2-1-3-5-14/h1-13H. The van der Waals surface area contributed by atoms with Crippen LogP contribution in [0, 0.1) is 0 Å². The van der Waals surface area contributed by atoms with E-state index in [9.17, 15) is 4.79 Å². The van der Waals surface area contributed by atoms with Gasteiger partial charge in [-0.05, 0) is 42.0 Å². The van der Waals surface area contributed by atoms with Crippen molar-refractivity contribution in [2.24, 2.45) is 0 Å². The molecule has 2 aromatic carbocycles. The van der Waals surface area contributed by atoms with Crippen molar-refractivity contribution in [2.75, 3.05) is 0 Å². The van der Waals surface area contributed by atoms with Crippen molar-refractivity contribution < 1.29 is 4.79 Å². The van der Waals surface area contributed by atoms with Gasteiger partial charge in [-0.3, -0.25) is 4.79 Å². The van der Waals surface area contributed by atoms with E-state index in [1.54, 1.807) is 36.5 Å². The van der Waals surface area contributed by atoms with E-state index in [2.05, 4.69) is 5.10 Å². The van der Waals surface area contributed by atoms with Gasteiger partial charge in [-0.2, -0.15) is 9.78 Å². The number of hydrogen-bond donors (Lipinski definition) is 0. The lowest BCUT2D eigenvalue weighted by atomic mass is 10.2. The Balaban J connectivity index is 1.87. The van der Waals surface area contributed by atoms with Crippen LogP contribution >= 0.6 is 11.6 Å². The number of benzene rings is 2. The normalized spacial score (nSPS) is 11.0. The fraction of sp³-hybridized carbons (Fsp3) is 0. The van der Waals surface area contributed by atoms with Crippen LogP contribution in [0.15, 0.2) is 66.9 Å². The molecule has 0 radical (unpaired) electrons. The summed E-state index contributed by atoms with van der Waals surface area (Å²) in [5, 5.41) is 4.71. The van der Waals surface area contributed by atoms with Gasteiger partial charge in [0.25, 0.3) is 5.91 Å². The second kappa shape index (κ2) is 6.41. The van der Waals surface area contributed by atoms with Crippen molar-refractivity contribution in [3.05, 3.63) is 88.7 Å². The van der Waals surface area contributed by atoms with Gasteiger partial charge in [0.05, 0.1) is 11.9 Å². The first-order valence-corrected chi connectivity index (χ1v) is 7.19. The maximum absolute atomic E-state index is 12.5. The third kappa shape index (κ3) is 3.15. The summed E-state index contributed by atoms with van der Waals surface area (Å²) >= 11 is 5.85. The third-order valence-electron chi connectivity index (χ3n) is 3.20. The SMILES string of the molecule is O=C(c1ccc(Cl)cc1)n1nccc1C=Cc1ccccc1. The molecule has 4 heteroatoms. The molecule has 0 atom stereocenters. The molecular weight excluding hydrogens is 296 g/mol. The molecule has 0 spiro atoms. The lowest BCUT2D eigenvalue weighted by Gasteiger charge is -2.03. The van der Waals surface area contributed by atoms with E-state index in [4.69, 9.17) is 11.6 Å². The molecule has 0 bridgehead atoms. The van der Waals surface area contributed by atoms with Crippen LogP contribution in [0.1, 0.15) is 21.6 Å². The van der Waals surface area contributed by atoms with Gasteiger partial charge >= 0.3 is 0 Å². The van der Waals surface area contributed by atoms with Gasteiger partial charge in [-0.1, -0.05) is 48.0 Å². The third-order valence-corrected chi connectivity index (χ3v) is 3.45. The second-order valence-corrected chi connectivity index (χ2v) is 5.16. The van der Waals surface area contributed by atoms with Crippen LogP contribution in [-0.4, -0.2) is 15.7 Å². The molecule has 0 saturated heterocycles. The van der Waals surface area contributed by atoms with E-state index in [0.29, 0.717) is 10.6 Å². The first-order valence-electron chi connectivity index (χ1n) is 6.81. The molecule has 0 N–H and O–H groups in total. The van der Waals surface area contributed by atoms with Crippen molar-refractivity contribution in [1.82, 2.24) is 9.78 Å². The molecule has 1 aromatic heterocycles. The van der Waals surface area contributed by atoms with Crippen molar-refractivity contribution in [1.29, 1.82) is 0 Å². The van der Waals surface area contributed by atoms with E-state index in [1.807, 2.05) is 42.5 Å². The predicted octanol–water partition coefficient (Wildman–Crippen LogP) is 4.40. The zero-order chi connectivity index (χ0) is 15.4.